The normalized spacial score (nSPS) is 19.0. The van der Waals surface area contributed by atoms with E-state index < -0.39 is 0 Å². The van der Waals surface area contributed by atoms with Gasteiger partial charge in [0.2, 0.25) is 5.95 Å². The van der Waals surface area contributed by atoms with Gasteiger partial charge in [-0.15, -0.1) is 6.58 Å². The fraction of sp³-hybridized carbons (Fsp3) is 0.545. The Morgan fingerprint density at radius 2 is 1.96 bits per heavy atom. The van der Waals surface area contributed by atoms with Crippen LogP contribution in [0.2, 0.25) is 0 Å². The number of benzene rings is 1. The van der Waals surface area contributed by atoms with Crippen LogP contribution < -0.4 is 10.6 Å². The molecule has 0 amide bonds. The first-order valence-electron chi connectivity index (χ1n) is 10.3. The van der Waals surface area contributed by atoms with E-state index >= 15 is 0 Å². The molecule has 5 heteroatoms. The van der Waals surface area contributed by atoms with Crippen LogP contribution in [0.25, 0.3) is 10.9 Å². The molecule has 2 aliphatic carbocycles. The molecule has 0 unspecified atom stereocenters. The summed E-state index contributed by atoms with van der Waals surface area (Å²) in [6, 6.07) is 6.61. The fourth-order valence-electron chi connectivity index (χ4n) is 4.16. The smallest absolute Gasteiger partial charge is 0.225 e. The van der Waals surface area contributed by atoms with Gasteiger partial charge in [-0.3, -0.25) is 0 Å². The van der Waals surface area contributed by atoms with Gasteiger partial charge in [0.05, 0.1) is 5.52 Å². The second-order valence-electron chi connectivity index (χ2n) is 8.03. The van der Waals surface area contributed by atoms with Crippen molar-refractivity contribution < 1.29 is 0 Å². The third kappa shape index (κ3) is 4.63. The van der Waals surface area contributed by atoms with E-state index in [0.29, 0.717) is 6.04 Å². The van der Waals surface area contributed by atoms with Crippen molar-refractivity contribution in [1.82, 2.24) is 9.97 Å². The minimum atomic E-state index is 0.408. The van der Waals surface area contributed by atoms with Crippen molar-refractivity contribution >= 4 is 38.6 Å². The van der Waals surface area contributed by atoms with Crippen molar-refractivity contribution in [2.45, 2.75) is 57.4 Å². The summed E-state index contributed by atoms with van der Waals surface area (Å²) >= 11 is 3.67. The Hall–Kier alpha value is -1.62. The molecule has 1 atom stereocenters. The Labute approximate surface area is 170 Å². The van der Waals surface area contributed by atoms with E-state index in [4.69, 9.17) is 9.97 Å². The van der Waals surface area contributed by atoms with E-state index in [1.165, 1.54) is 44.9 Å². The van der Waals surface area contributed by atoms with Gasteiger partial charge in [0, 0.05) is 22.4 Å². The van der Waals surface area contributed by atoms with Gasteiger partial charge in [0.15, 0.2) is 0 Å². The number of fused-ring (bicyclic) bond motifs is 1. The van der Waals surface area contributed by atoms with Gasteiger partial charge in [-0.2, -0.15) is 4.98 Å². The molecule has 0 bridgehead atoms. The van der Waals surface area contributed by atoms with E-state index in [0.717, 1.165) is 51.9 Å². The highest BCUT2D eigenvalue weighted by Gasteiger charge is 2.31. The number of anilines is 2. The zero-order chi connectivity index (χ0) is 18.6. The molecule has 0 saturated heterocycles. The van der Waals surface area contributed by atoms with Crippen LogP contribution in [-0.4, -0.2) is 22.6 Å². The SMILES string of the molecule is C=CC[C@@H](Nc1nc(NCC2CCCCC2)nc2c(Br)cccc12)C1CC1. The first kappa shape index (κ1) is 18.7. The molecule has 0 aliphatic heterocycles. The van der Waals surface area contributed by atoms with Crippen molar-refractivity contribution in [1.29, 1.82) is 0 Å². The fourth-order valence-corrected chi connectivity index (χ4v) is 4.61. The highest BCUT2D eigenvalue weighted by molar-refractivity contribution is 9.10. The molecule has 1 aromatic heterocycles. The Balaban J connectivity index is 1.59. The van der Waals surface area contributed by atoms with Crippen molar-refractivity contribution in [3.8, 4) is 0 Å². The van der Waals surface area contributed by atoms with E-state index in [2.05, 4.69) is 45.3 Å². The van der Waals surface area contributed by atoms with Crippen LogP contribution in [0.4, 0.5) is 11.8 Å². The molecule has 2 saturated carbocycles. The van der Waals surface area contributed by atoms with Crippen LogP contribution in [0.5, 0.6) is 0 Å². The predicted octanol–water partition coefficient (Wildman–Crippen LogP) is 6.15. The summed E-state index contributed by atoms with van der Waals surface area (Å²) in [5, 5.41) is 8.30. The first-order valence-corrected chi connectivity index (χ1v) is 11.1. The summed E-state index contributed by atoms with van der Waals surface area (Å²) in [4.78, 5) is 9.67. The van der Waals surface area contributed by atoms with Gasteiger partial charge in [-0.1, -0.05) is 31.4 Å². The number of hydrogen-bond acceptors (Lipinski definition) is 4. The Morgan fingerprint density at radius 3 is 2.70 bits per heavy atom. The zero-order valence-corrected chi connectivity index (χ0v) is 17.5. The maximum atomic E-state index is 4.87. The van der Waals surface area contributed by atoms with E-state index in [-0.39, 0.29) is 0 Å². The molecule has 0 radical (unpaired) electrons. The van der Waals surface area contributed by atoms with Gasteiger partial charge in [0.25, 0.3) is 0 Å². The number of halogens is 1. The van der Waals surface area contributed by atoms with Gasteiger partial charge in [-0.05, 0) is 72.0 Å². The van der Waals surface area contributed by atoms with Crippen LogP contribution in [0.3, 0.4) is 0 Å². The highest BCUT2D eigenvalue weighted by atomic mass is 79.9. The van der Waals surface area contributed by atoms with Crippen LogP contribution >= 0.6 is 15.9 Å². The summed E-state index contributed by atoms with van der Waals surface area (Å²) in [6.45, 7) is 4.90. The minimum absolute atomic E-state index is 0.408. The standard InChI is InChI=1S/C22H29BrN4/c1-2-7-19(16-12-13-16)25-21-17-10-6-11-18(23)20(17)26-22(27-21)24-14-15-8-4-3-5-9-15/h2,6,10-11,15-16,19H,1,3-5,7-9,12-14H2,(H2,24,25,26,27)/t19-/m1/s1. The average Bonchev–Trinajstić information content (AvgIpc) is 3.53. The molecule has 4 rings (SSSR count). The lowest BCUT2D eigenvalue weighted by molar-refractivity contribution is 0.373. The summed E-state index contributed by atoms with van der Waals surface area (Å²) in [7, 11) is 0. The second kappa shape index (κ2) is 8.59. The molecular weight excluding hydrogens is 400 g/mol. The molecule has 27 heavy (non-hydrogen) atoms. The lowest BCUT2D eigenvalue weighted by Crippen LogP contribution is -2.23. The molecule has 4 nitrogen and oxygen atoms in total. The molecule has 1 heterocycles. The number of rotatable bonds is 8. The number of hydrogen-bond donors (Lipinski definition) is 2. The molecule has 144 valence electrons. The zero-order valence-electron chi connectivity index (χ0n) is 15.9. The lowest BCUT2D eigenvalue weighted by Gasteiger charge is -2.23. The van der Waals surface area contributed by atoms with Crippen molar-refractivity contribution in [3.63, 3.8) is 0 Å². The van der Waals surface area contributed by atoms with Gasteiger partial charge < -0.3 is 10.6 Å². The highest BCUT2D eigenvalue weighted by Crippen LogP contribution is 2.37. The van der Waals surface area contributed by atoms with Crippen molar-refractivity contribution in [2.75, 3.05) is 17.2 Å². The predicted molar refractivity (Wildman–Crippen MR) is 117 cm³/mol. The summed E-state index contributed by atoms with van der Waals surface area (Å²) < 4.78 is 1.01. The molecule has 1 aromatic carbocycles. The van der Waals surface area contributed by atoms with Gasteiger partial charge in [-0.25, -0.2) is 4.98 Å². The van der Waals surface area contributed by atoms with Crippen LogP contribution in [-0.2, 0) is 0 Å². The Bertz CT molecular complexity index is 796. The Kier molecular flexibility index (Phi) is 5.96. The monoisotopic (exact) mass is 428 g/mol. The van der Waals surface area contributed by atoms with E-state index in [9.17, 15) is 0 Å². The topological polar surface area (TPSA) is 49.8 Å². The second-order valence-corrected chi connectivity index (χ2v) is 8.88. The lowest BCUT2D eigenvalue weighted by atomic mass is 9.89. The Morgan fingerprint density at radius 1 is 1.15 bits per heavy atom. The third-order valence-corrected chi connectivity index (χ3v) is 6.52. The molecule has 2 aliphatic rings. The molecular formula is C22H29BrN4. The first-order chi connectivity index (χ1) is 13.2. The maximum absolute atomic E-state index is 4.87. The third-order valence-electron chi connectivity index (χ3n) is 5.88. The molecule has 2 N–H and O–H groups in total. The number of para-hydroxylation sites is 1. The largest absolute Gasteiger partial charge is 0.366 e. The number of aromatic nitrogens is 2. The van der Waals surface area contributed by atoms with Crippen molar-refractivity contribution in [2.24, 2.45) is 11.8 Å². The van der Waals surface area contributed by atoms with Gasteiger partial charge >= 0.3 is 0 Å². The number of nitrogens with zero attached hydrogens (tertiary/aromatic N) is 2. The molecule has 2 fully saturated rings. The summed E-state index contributed by atoms with van der Waals surface area (Å²) in [5.41, 5.74) is 0.967. The van der Waals surface area contributed by atoms with Crippen molar-refractivity contribution in [3.05, 3.63) is 35.3 Å². The molecule has 2 aromatic rings. The summed E-state index contributed by atoms with van der Waals surface area (Å²) in [5.74, 6) is 3.15. The molecule has 0 spiro atoms. The average molecular weight is 429 g/mol. The van der Waals surface area contributed by atoms with E-state index in [1.54, 1.807) is 0 Å². The van der Waals surface area contributed by atoms with Crippen LogP contribution in [0, 0.1) is 11.8 Å². The van der Waals surface area contributed by atoms with Crippen LogP contribution in [0.1, 0.15) is 51.4 Å². The quantitative estimate of drug-likeness (QED) is 0.494. The minimum Gasteiger partial charge on any atom is -0.366 e. The van der Waals surface area contributed by atoms with Crippen LogP contribution in [0.15, 0.2) is 35.3 Å². The van der Waals surface area contributed by atoms with Gasteiger partial charge in [0.1, 0.15) is 5.82 Å². The summed E-state index contributed by atoms with van der Waals surface area (Å²) in [6.07, 6.45) is 12.3. The van der Waals surface area contributed by atoms with E-state index in [1.807, 2.05) is 12.1 Å². The number of nitrogens with one attached hydrogen (secondary N) is 2. The maximum Gasteiger partial charge on any atom is 0.225 e.